The van der Waals surface area contributed by atoms with Gasteiger partial charge in [0, 0.05) is 13.1 Å². The van der Waals surface area contributed by atoms with Gasteiger partial charge in [-0.15, -0.1) is 6.42 Å². The lowest BCUT2D eigenvalue weighted by Gasteiger charge is -2.32. The van der Waals surface area contributed by atoms with E-state index in [0.29, 0.717) is 25.6 Å². The lowest BCUT2D eigenvalue weighted by molar-refractivity contribution is -0.132. The summed E-state index contributed by atoms with van der Waals surface area (Å²) in [6, 6.07) is 9.89. The van der Waals surface area contributed by atoms with Crippen molar-refractivity contribution < 1.29 is 9.53 Å². The molecule has 106 valence electrons. The number of nitrogens with zero attached hydrogens (tertiary/aromatic N) is 1. The van der Waals surface area contributed by atoms with Crippen molar-refractivity contribution in [1.82, 2.24) is 4.90 Å². The Morgan fingerprint density at radius 1 is 1.40 bits per heavy atom. The van der Waals surface area contributed by atoms with Crippen LogP contribution in [0, 0.1) is 18.3 Å². The summed E-state index contributed by atoms with van der Waals surface area (Å²) >= 11 is 0. The van der Waals surface area contributed by atoms with E-state index in [9.17, 15) is 4.79 Å². The van der Waals surface area contributed by atoms with Gasteiger partial charge in [0.2, 0.25) is 5.91 Å². The van der Waals surface area contributed by atoms with E-state index in [1.807, 2.05) is 35.2 Å². The van der Waals surface area contributed by atoms with Crippen LogP contribution in [-0.2, 0) is 16.0 Å². The molecule has 1 amide bonds. The van der Waals surface area contributed by atoms with Crippen LogP contribution < -0.4 is 0 Å². The first-order chi connectivity index (χ1) is 9.79. The van der Waals surface area contributed by atoms with Gasteiger partial charge in [-0.25, -0.2) is 0 Å². The van der Waals surface area contributed by atoms with Crippen molar-refractivity contribution in [2.75, 3.05) is 26.3 Å². The third kappa shape index (κ3) is 4.40. The zero-order valence-electron chi connectivity index (χ0n) is 11.8. The summed E-state index contributed by atoms with van der Waals surface area (Å²) in [5.74, 6) is 3.09. The molecule has 0 aliphatic carbocycles. The van der Waals surface area contributed by atoms with Gasteiger partial charge in [0.05, 0.1) is 13.0 Å². The van der Waals surface area contributed by atoms with Gasteiger partial charge >= 0.3 is 0 Å². The molecule has 0 aromatic heterocycles. The Morgan fingerprint density at radius 3 is 2.95 bits per heavy atom. The predicted octanol–water partition coefficient (Wildman–Crippen LogP) is 2.12. The zero-order chi connectivity index (χ0) is 14.2. The van der Waals surface area contributed by atoms with E-state index in [0.717, 1.165) is 31.5 Å². The maximum Gasteiger partial charge on any atom is 0.226 e. The van der Waals surface area contributed by atoms with Crippen molar-refractivity contribution in [3.05, 3.63) is 35.9 Å². The molecule has 20 heavy (non-hydrogen) atoms. The number of hydrogen-bond donors (Lipinski definition) is 0. The number of piperidine rings is 1. The standard InChI is InChI=1S/C17H21NO2/c1-2-11-20-14-16-9-6-10-18(13-16)17(19)12-15-7-4-3-5-8-15/h1,3-5,7-8,16H,6,9-14H2. The second-order valence-corrected chi connectivity index (χ2v) is 5.23. The summed E-state index contributed by atoms with van der Waals surface area (Å²) < 4.78 is 5.39. The van der Waals surface area contributed by atoms with E-state index in [1.54, 1.807) is 0 Å². The maximum atomic E-state index is 12.3. The van der Waals surface area contributed by atoms with Crippen LogP contribution in [0.3, 0.4) is 0 Å². The summed E-state index contributed by atoms with van der Waals surface area (Å²) in [5.41, 5.74) is 1.07. The molecule has 3 heteroatoms. The summed E-state index contributed by atoms with van der Waals surface area (Å²) in [7, 11) is 0. The monoisotopic (exact) mass is 271 g/mol. The van der Waals surface area contributed by atoms with Gasteiger partial charge < -0.3 is 9.64 Å². The van der Waals surface area contributed by atoms with Gasteiger partial charge in [-0.3, -0.25) is 4.79 Å². The van der Waals surface area contributed by atoms with Gasteiger partial charge in [0.15, 0.2) is 0 Å². The lowest BCUT2D eigenvalue weighted by atomic mass is 9.98. The normalized spacial score (nSPS) is 18.6. The fourth-order valence-corrected chi connectivity index (χ4v) is 2.59. The minimum atomic E-state index is 0.206. The Morgan fingerprint density at radius 2 is 2.20 bits per heavy atom. The van der Waals surface area contributed by atoms with Crippen molar-refractivity contribution in [1.29, 1.82) is 0 Å². The molecule has 1 saturated heterocycles. The van der Waals surface area contributed by atoms with Crippen LogP contribution in [0.2, 0.25) is 0 Å². The number of carbonyl (C=O) groups excluding carboxylic acids is 1. The first kappa shape index (κ1) is 14.6. The molecule has 1 aromatic rings. The average molecular weight is 271 g/mol. The van der Waals surface area contributed by atoms with Gasteiger partial charge in [-0.1, -0.05) is 36.3 Å². The Labute approximate surface area is 120 Å². The summed E-state index contributed by atoms with van der Waals surface area (Å²) in [5, 5.41) is 0. The van der Waals surface area contributed by atoms with Crippen LogP contribution in [0.4, 0.5) is 0 Å². The van der Waals surface area contributed by atoms with Crippen LogP contribution in [0.1, 0.15) is 18.4 Å². The molecular formula is C17H21NO2. The predicted molar refractivity (Wildman–Crippen MR) is 79.1 cm³/mol. The molecule has 1 aliphatic heterocycles. The summed E-state index contributed by atoms with van der Waals surface area (Å²) in [6.45, 7) is 2.65. The van der Waals surface area contributed by atoms with Crippen LogP contribution in [0.25, 0.3) is 0 Å². The highest BCUT2D eigenvalue weighted by molar-refractivity contribution is 5.78. The quantitative estimate of drug-likeness (QED) is 0.606. The van der Waals surface area contributed by atoms with Crippen molar-refractivity contribution >= 4 is 5.91 Å². The number of terminal acetylenes is 1. The van der Waals surface area contributed by atoms with E-state index in [2.05, 4.69) is 5.92 Å². The molecule has 1 aliphatic rings. The van der Waals surface area contributed by atoms with Crippen LogP contribution in [-0.4, -0.2) is 37.1 Å². The molecule has 0 radical (unpaired) electrons. The van der Waals surface area contributed by atoms with Crippen molar-refractivity contribution in [3.63, 3.8) is 0 Å². The highest BCUT2D eigenvalue weighted by atomic mass is 16.5. The van der Waals surface area contributed by atoms with Crippen molar-refractivity contribution in [2.24, 2.45) is 5.92 Å². The summed E-state index contributed by atoms with van der Waals surface area (Å²) in [6.07, 6.45) is 7.81. The average Bonchev–Trinajstić information content (AvgIpc) is 2.49. The van der Waals surface area contributed by atoms with Gasteiger partial charge in [-0.05, 0) is 24.3 Å². The highest BCUT2D eigenvalue weighted by Crippen LogP contribution is 2.18. The Balaban J connectivity index is 1.82. The van der Waals surface area contributed by atoms with Crippen LogP contribution >= 0.6 is 0 Å². The van der Waals surface area contributed by atoms with Gasteiger partial charge in [-0.2, -0.15) is 0 Å². The number of benzene rings is 1. The number of likely N-dealkylation sites (tertiary alicyclic amines) is 1. The number of rotatable bonds is 5. The Hall–Kier alpha value is -1.79. The first-order valence-corrected chi connectivity index (χ1v) is 7.12. The molecule has 1 aromatic carbocycles. The molecule has 1 atom stereocenters. The fourth-order valence-electron chi connectivity index (χ4n) is 2.59. The van der Waals surface area contributed by atoms with E-state index in [4.69, 9.17) is 11.2 Å². The molecule has 0 N–H and O–H groups in total. The molecule has 0 saturated carbocycles. The molecule has 2 rings (SSSR count). The highest BCUT2D eigenvalue weighted by Gasteiger charge is 2.23. The Bertz CT molecular complexity index is 464. The molecule has 0 bridgehead atoms. The van der Waals surface area contributed by atoms with Crippen molar-refractivity contribution in [3.8, 4) is 12.3 Å². The third-order valence-electron chi connectivity index (χ3n) is 3.61. The van der Waals surface area contributed by atoms with Crippen LogP contribution in [0.5, 0.6) is 0 Å². The van der Waals surface area contributed by atoms with Crippen molar-refractivity contribution in [2.45, 2.75) is 19.3 Å². The molecule has 1 heterocycles. The first-order valence-electron chi connectivity index (χ1n) is 7.12. The smallest absolute Gasteiger partial charge is 0.226 e. The minimum absolute atomic E-state index is 0.206. The molecule has 1 unspecified atom stereocenters. The number of carbonyl (C=O) groups is 1. The largest absolute Gasteiger partial charge is 0.368 e. The number of ether oxygens (including phenoxy) is 1. The maximum absolute atomic E-state index is 12.3. The third-order valence-corrected chi connectivity index (χ3v) is 3.61. The summed E-state index contributed by atoms with van der Waals surface area (Å²) in [4.78, 5) is 14.3. The number of hydrogen-bond acceptors (Lipinski definition) is 2. The second-order valence-electron chi connectivity index (χ2n) is 5.23. The number of amides is 1. The molecular weight excluding hydrogens is 250 g/mol. The lowest BCUT2D eigenvalue weighted by Crippen LogP contribution is -2.42. The van der Waals surface area contributed by atoms with E-state index in [-0.39, 0.29) is 5.91 Å². The second kappa shape index (κ2) is 7.72. The van der Waals surface area contributed by atoms with E-state index in [1.165, 1.54) is 0 Å². The SMILES string of the molecule is C#CCOCC1CCCN(C(=O)Cc2ccccc2)C1. The topological polar surface area (TPSA) is 29.5 Å². The molecule has 1 fully saturated rings. The zero-order valence-corrected chi connectivity index (χ0v) is 11.8. The van der Waals surface area contributed by atoms with E-state index >= 15 is 0 Å². The fraction of sp³-hybridized carbons (Fsp3) is 0.471. The Kier molecular flexibility index (Phi) is 5.64. The minimum Gasteiger partial charge on any atom is -0.368 e. The molecule has 0 spiro atoms. The van der Waals surface area contributed by atoms with Crippen LogP contribution in [0.15, 0.2) is 30.3 Å². The van der Waals surface area contributed by atoms with Gasteiger partial charge in [0.1, 0.15) is 6.61 Å². The molecule has 3 nitrogen and oxygen atoms in total. The van der Waals surface area contributed by atoms with Gasteiger partial charge in [0.25, 0.3) is 0 Å². The van der Waals surface area contributed by atoms with E-state index < -0.39 is 0 Å².